The smallest absolute Gasteiger partial charge is 0.0554 e. The van der Waals surface area contributed by atoms with Crippen LogP contribution in [-0.2, 0) is 0 Å². The van der Waals surface area contributed by atoms with Crippen molar-refractivity contribution in [3.63, 3.8) is 0 Å². The van der Waals surface area contributed by atoms with Crippen LogP contribution in [0.25, 0.3) is 0 Å². The van der Waals surface area contributed by atoms with Gasteiger partial charge in [0.25, 0.3) is 0 Å². The molecule has 1 unspecified atom stereocenters. The van der Waals surface area contributed by atoms with Crippen molar-refractivity contribution in [2.45, 2.75) is 20.8 Å². The lowest BCUT2D eigenvalue weighted by Gasteiger charge is -2.25. The normalized spacial score (nSPS) is 37.3. The molecule has 0 saturated carbocycles. The first-order chi connectivity index (χ1) is 6.91. The zero-order valence-electron chi connectivity index (χ0n) is 9.53. The first kappa shape index (κ1) is 12.6. The minimum Gasteiger partial charge on any atom is -0.395 e. The van der Waals surface area contributed by atoms with Crippen LogP contribution in [0.3, 0.4) is 0 Å². The fourth-order valence-electron chi connectivity index (χ4n) is 1.37. The van der Waals surface area contributed by atoms with Crippen molar-refractivity contribution in [2.75, 3.05) is 6.61 Å². The van der Waals surface area contributed by atoms with E-state index in [0.717, 1.165) is 4.91 Å². The number of aliphatic hydroxyl groups is 1. The predicted octanol–water partition coefficient (Wildman–Crippen LogP) is 2.63. The lowest BCUT2D eigenvalue weighted by molar-refractivity contribution is 0.219. The molecule has 0 aromatic carbocycles. The van der Waals surface area contributed by atoms with Crippen molar-refractivity contribution < 1.29 is 5.11 Å². The molecular formula is C12H19NOS. The van der Waals surface area contributed by atoms with Gasteiger partial charge in [0.15, 0.2) is 0 Å². The molecule has 1 aliphatic rings. The summed E-state index contributed by atoms with van der Waals surface area (Å²) in [5.74, 6) is 0. The van der Waals surface area contributed by atoms with Gasteiger partial charge in [-0.15, -0.1) is 0 Å². The second-order valence-corrected chi connectivity index (χ2v) is 5.52. The van der Waals surface area contributed by atoms with Crippen molar-refractivity contribution >= 4 is 11.9 Å². The van der Waals surface area contributed by atoms with Gasteiger partial charge in [0, 0.05) is 15.7 Å². The number of rotatable bonds is 2. The zero-order valence-corrected chi connectivity index (χ0v) is 10.3. The van der Waals surface area contributed by atoms with E-state index in [-0.39, 0.29) is 17.4 Å². The largest absolute Gasteiger partial charge is 0.395 e. The second kappa shape index (κ2) is 4.56. The fourth-order valence-corrected chi connectivity index (χ4v) is 1.89. The highest BCUT2D eigenvalue weighted by atomic mass is 32.2. The summed E-state index contributed by atoms with van der Waals surface area (Å²) in [7, 11) is 0. The number of hydrogen-bond acceptors (Lipinski definition) is 3. The van der Waals surface area contributed by atoms with Gasteiger partial charge in [-0.3, -0.25) is 5.14 Å². The number of hydrogen-bond donors (Lipinski definition) is 2. The SMILES string of the molecule is CC1(C)/C=C\C(C)(CO)/C=C\C(SN)=C/1. The second-order valence-electron chi connectivity index (χ2n) is 4.82. The first-order valence-electron chi connectivity index (χ1n) is 5.01. The quantitative estimate of drug-likeness (QED) is 0.561. The number of allylic oxidation sites excluding steroid dienone is 3. The molecule has 0 saturated heterocycles. The van der Waals surface area contributed by atoms with Crippen LogP contribution in [0.2, 0.25) is 0 Å². The maximum atomic E-state index is 9.34. The Morgan fingerprint density at radius 2 is 1.93 bits per heavy atom. The number of aliphatic hydroxyl groups excluding tert-OH is 1. The van der Waals surface area contributed by atoms with E-state index in [1.54, 1.807) is 0 Å². The lowest BCUT2D eigenvalue weighted by Crippen LogP contribution is -2.18. The van der Waals surface area contributed by atoms with Crippen LogP contribution in [0.1, 0.15) is 20.8 Å². The van der Waals surface area contributed by atoms with E-state index in [2.05, 4.69) is 32.1 Å². The van der Waals surface area contributed by atoms with Gasteiger partial charge in [-0.05, 0) is 11.9 Å². The molecule has 1 rings (SSSR count). The van der Waals surface area contributed by atoms with Crippen LogP contribution in [0.4, 0.5) is 0 Å². The molecule has 15 heavy (non-hydrogen) atoms. The summed E-state index contributed by atoms with van der Waals surface area (Å²) < 4.78 is 0. The highest BCUT2D eigenvalue weighted by molar-refractivity contribution is 8.01. The molecule has 3 N–H and O–H groups in total. The molecule has 1 atom stereocenters. The fraction of sp³-hybridized carbons (Fsp3) is 0.500. The molecule has 0 aromatic rings. The Labute approximate surface area is 96.1 Å². The third-order valence-electron chi connectivity index (χ3n) is 2.51. The highest BCUT2D eigenvalue weighted by Gasteiger charge is 2.21. The molecule has 0 radical (unpaired) electrons. The van der Waals surface area contributed by atoms with Crippen molar-refractivity contribution in [3.8, 4) is 0 Å². The average molecular weight is 225 g/mol. The molecule has 0 amide bonds. The van der Waals surface area contributed by atoms with E-state index in [1.807, 2.05) is 19.1 Å². The summed E-state index contributed by atoms with van der Waals surface area (Å²) in [6.07, 6.45) is 10.3. The Bertz CT molecular complexity index is 318. The standard InChI is InChI=1S/C12H19NOS/c1-11(2)6-7-12(3,9-14)5-4-10(8-11)15-13/h4-8,14H,9,13H2,1-3H3/b5-4-,7-6-,10-8+. The third kappa shape index (κ3) is 3.52. The van der Waals surface area contributed by atoms with E-state index < -0.39 is 0 Å². The topological polar surface area (TPSA) is 46.2 Å². The van der Waals surface area contributed by atoms with Gasteiger partial charge in [-0.1, -0.05) is 51.2 Å². The zero-order chi connectivity index (χ0) is 11.5. The summed E-state index contributed by atoms with van der Waals surface area (Å²) in [5, 5.41) is 14.9. The van der Waals surface area contributed by atoms with Crippen molar-refractivity contribution in [1.82, 2.24) is 0 Å². The summed E-state index contributed by atoms with van der Waals surface area (Å²) in [6, 6.07) is 0. The van der Waals surface area contributed by atoms with Gasteiger partial charge in [-0.2, -0.15) is 0 Å². The van der Waals surface area contributed by atoms with Crippen molar-refractivity contribution in [1.29, 1.82) is 0 Å². The molecule has 2 nitrogen and oxygen atoms in total. The lowest BCUT2D eigenvalue weighted by atomic mass is 9.83. The molecule has 0 aromatic heterocycles. The third-order valence-corrected chi connectivity index (χ3v) is 3.04. The summed E-state index contributed by atoms with van der Waals surface area (Å²) >= 11 is 1.24. The van der Waals surface area contributed by atoms with Gasteiger partial charge >= 0.3 is 0 Å². The van der Waals surface area contributed by atoms with Crippen LogP contribution in [-0.4, -0.2) is 11.7 Å². The van der Waals surface area contributed by atoms with E-state index in [9.17, 15) is 5.11 Å². The van der Waals surface area contributed by atoms with Crippen LogP contribution < -0.4 is 5.14 Å². The van der Waals surface area contributed by atoms with Gasteiger partial charge < -0.3 is 5.11 Å². The molecule has 0 bridgehead atoms. The van der Waals surface area contributed by atoms with Gasteiger partial charge in [0.05, 0.1) is 6.61 Å². The first-order valence-corrected chi connectivity index (χ1v) is 5.89. The predicted molar refractivity (Wildman–Crippen MR) is 67.1 cm³/mol. The van der Waals surface area contributed by atoms with Crippen LogP contribution in [0, 0.1) is 10.8 Å². The monoisotopic (exact) mass is 225 g/mol. The van der Waals surface area contributed by atoms with Crippen LogP contribution >= 0.6 is 11.9 Å². The molecule has 0 aliphatic heterocycles. The molecule has 0 spiro atoms. The summed E-state index contributed by atoms with van der Waals surface area (Å²) in [5.41, 5.74) is -0.310. The Kier molecular flexibility index (Phi) is 3.82. The molecular weight excluding hydrogens is 206 g/mol. The molecule has 3 heteroatoms. The average Bonchev–Trinajstić information content (AvgIpc) is 2.20. The van der Waals surface area contributed by atoms with E-state index in [1.165, 1.54) is 11.9 Å². The molecule has 0 fully saturated rings. The summed E-state index contributed by atoms with van der Waals surface area (Å²) in [4.78, 5) is 1.03. The van der Waals surface area contributed by atoms with E-state index in [0.29, 0.717) is 0 Å². The molecule has 0 heterocycles. The highest BCUT2D eigenvalue weighted by Crippen LogP contribution is 2.32. The minimum atomic E-state index is -0.285. The molecule has 1 aliphatic carbocycles. The Balaban J connectivity index is 3.12. The van der Waals surface area contributed by atoms with Gasteiger partial charge in [0.1, 0.15) is 0 Å². The van der Waals surface area contributed by atoms with E-state index in [4.69, 9.17) is 5.14 Å². The van der Waals surface area contributed by atoms with Gasteiger partial charge in [-0.25, -0.2) is 0 Å². The van der Waals surface area contributed by atoms with Crippen molar-refractivity contribution in [3.05, 3.63) is 35.3 Å². The maximum Gasteiger partial charge on any atom is 0.0554 e. The van der Waals surface area contributed by atoms with E-state index >= 15 is 0 Å². The van der Waals surface area contributed by atoms with Crippen LogP contribution in [0.5, 0.6) is 0 Å². The minimum absolute atomic E-state index is 0.0249. The Morgan fingerprint density at radius 1 is 1.27 bits per heavy atom. The van der Waals surface area contributed by atoms with Gasteiger partial charge in [0.2, 0.25) is 0 Å². The Hall–Kier alpha value is -0.510. The van der Waals surface area contributed by atoms with Crippen LogP contribution in [0.15, 0.2) is 35.3 Å². The maximum absolute atomic E-state index is 9.34. The Morgan fingerprint density at radius 3 is 2.47 bits per heavy atom. The number of nitrogens with two attached hydrogens (primary N) is 1. The molecule has 84 valence electrons. The summed E-state index contributed by atoms with van der Waals surface area (Å²) in [6.45, 7) is 6.35. The van der Waals surface area contributed by atoms with Crippen molar-refractivity contribution in [2.24, 2.45) is 16.0 Å².